The van der Waals surface area contributed by atoms with Crippen LogP contribution in [0.3, 0.4) is 0 Å². The topological polar surface area (TPSA) is 48.5 Å². The van der Waals surface area contributed by atoms with E-state index in [9.17, 15) is 5.48 Å². The zero-order valence-electron chi connectivity index (χ0n) is 44.4. The number of benzene rings is 8. The van der Waals surface area contributed by atoms with Crippen molar-refractivity contribution in [3.8, 4) is 45.5 Å². The van der Waals surface area contributed by atoms with Crippen molar-refractivity contribution >= 4 is 75.1 Å². The number of fused-ring (bicyclic) bond motifs is 9. The van der Waals surface area contributed by atoms with Crippen molar-refractivity contribution in [3.05, 3.63) is 188 Å². The Kier molecular flexibility index (Phi) is 4.52. The zero-order chi connectivity index (χ0) is 50.5. The molecule has 8 aromatic carbocycles. The first-order chi connectivity index (χ1) is 34.5. The minimum atomic E-state index is -0.638. The van der Waals surface area contributed by atoms with E-state index in [2.05, 4.69) is 18.2 Å². The molecule has 4 aromatic heterocycles. The molecule has 0 saturated heterocycles. The maximum absolute atomic E-state index is 9.26. The average Bonchev–Trinajstić information content (AvgIpc) is 4.08. The third kappa shape index (κ3) is 4.91. The van der Waals surface area contributed by atoms with Gasteiger partial charge in [-0.1, -0.05) is 139 Å². The smallest absolute Gasteiger partial charge is 0.238 e. The number of nitrogens with zero attached hydrogens (tertiary/aromatic N) is 5. The van der Waals surface area contributed by atoms with Crippen LogP contribution in [0.4, 0.5) is 0 Å². The molecule has 0 bridgehead atoms. The molecule has 0 aliphatic carbocycles. The predicted molar refractivity (Wildman–Crippen MR) is 238 cm³/mol. The molecular formula is C51H31N5S. The first-order valence-corrected chi connectivity index (χ1v) is 18.7. The van der Waals surface area contributed by atoms with Crippen LogP contribution in [0.2, 0.25) is 0 Å². The van der Waals surface area contributed by atoms with Crippen LogP contribution in [-0.4, -0.2) is 24.1 Å². The molecule has 12 rings (SSSR count). The van der Waals surface area contributed by atoms with Crippen molar-refractivity contribution in [2.45, 2.75) is 0 Å². The SMILES string of the molecule is [2H]c1cc([2H])c2c(c1[2H])c1c([2H])c([2H])c([2H])c([2H])c1n2-c1ccccc1-c1nc(-c2cccc(-c3cccc4c3sc3ccccc34)c2)nc(-n2c3c([2H])c([2H])c([2H])c([2H])c3c3c([2H])c([2H])c([2H])c([2H])c32)n1. The Bertz CT molecular complexity index is 4350. The fourth-order valence-electron chi connectivity index (χ4n) is 7.70. The van der Waals surface area contributed by atoms with E-state index in [1.165, 1.54) is 9.13 Å². The number of hydrogen-bond donors (Lipinski definition) is 0. The van der Waals surface area contributed by atoms with Crippen molar-refractivity contribution in [1.82, 2.24) is 24.1 Å². The summed E-state index contributed by atoms with van der Waals surface area (Å²) < 4.78 is 138. The second kappa shape index (κ2) is 12.6. The van der Waals surface area contributed by atoms with Crippen molar-refractivity contribution in [3.63, 3.8) is 0 Å². The van der Waals surface area contributed by atoms with Crippen LogP contribution in [-0.2, 0) is 0 Å². The van der Waals surface area contributed by atoms with E-state index in [1.807, 2.05) is 42.5 Å². The molecule has 0 amide bonds. The van der Waals surface area contributed by atoms with Crippen LogP contribution in [0.1, 0.15) is 20.6 Å². The molecular weight excluding hydrogens is 715 g/mol. The highest BCUT2D eigenvalue weighted by Gasteiger charge is 2.21. The maximum Gasteiger partial charge on any atom is 0.238 e. The highest BCUT2D eigenvalue weighted by Crippen LogP contribution is 2.41. The average molecular weight is 761 g/mol. The Morgan fingerprint density at radius 1 is 0.421 bits per heavy atom. The summed E-state index contributed by atoms with van der Waals surface area (Å²) in [4.78, 5) is 15.0. The summed E-state index contributed by atoms with van der Waals surface area (Å²) in [6, 6.07) is 21.6. The lowest BCUT2D eigenvalue weighted by Gasteiger charge is -2.15. The summed E-state index contributed by atoms with van der Waals surface area (Å²) in [6.45, 7) is 0. The van der Waals surface area contributed by atoms with Gasteiger partial charge < -0.3 is 4.57 Å². The molecule has 4 heterocycles. The van der Waals surface area contributed by atoms with E-state index in [0.717, 1.165) is 37.4 Å². The number of hydrogen-bond acceptors (Lipinski definition) is 4. The molecule has 5 nitrogen and oxygen atoms in total. The highest BCUT2D eigenvalue weighted by molar-refractivity contribution is 7.26. The molecule has 6 heteroatoms. The van der Waals surface area contributed by atoms with E-state index in [4.69, 9.17) is 30.0 Å². The van der Waals surface area contributed by atoms with E-state index in [1.54, 1.807) is 41.7 Å². The molecule has 0 aliphatic rings. The first kappa shape index (κ1) is 20.5. The summed E-state index contributed by atoms with van der Waals surface area (Å²) in [5.74, 6) is -0.358. The van der Waals surface area contributed by atoms with Gasteiger partial charge in [-0.25, -0.2) is 4.98 Å². The van der Waals surface area contributed by atoms with Crippen molar-refractivity contribution in [1.29, 1.82) is 0 Å². The van der Waals surface area contributed by atoms with E-state index in [-0.39, 0.29) is 90.6 Å². The Balaban J connectivity index is 1.21. The summed E-state index contributed by atoms with van der Waals surface area (Å²) in [5, 5.41) is 1.69. The zero-order valence-corrected chi connectivity index (χ0v) is 30.2. The molecule has 0 radical (unpaired) electrons. The van der Waals surface area contributed by atoms with Crippen LogP contribution in [0.25, 0.3) is 109 Å². The Hall–Kier alpha value is -7.41. The molecule has 0 atom stereocenters. The van der Waals surface area contributed by atoms with Gasteiger partial charge in [0.15, 0.2) is 11.6 Å². The molecule has 0 N–H and O–H groups in total. The van der Waals surface area contributed by atoms with Crippen LogP contribution < -0.4 is 0 Å². The number of thiophene rings is 1. The Labute approximate surface area is 352 Å². The highest BCUT2D eigenvalue weighted by atomic mass is 32.1. The van der Waals surface area contributed by atoms with E-state index >= 15 is 0 Å². The molecule has 0 unspecified atom stereocenters. The first-order valence-electron chi connectivity index (χ1n) is 25.4. The van der Waals surface area contributed by atoms with Gasteiger partial charge in [0.1, 0.15) is 0 Å². The minimum absolute atomic E-state index is 0.0115. The fraction of sp³-hybridized carbons (Fsp3) is 0. The predicted octanol–water partition coefficient (Wildman–Crippen LogP) is 13.4. The molecule has 0 spiro atoms. The van der Waals surface area contributed by atoms with E-state index in [0.29, 0.717) is 5.56 Å². The largest absolute Gasteiger partial charge is 0.309 e. The molecule has 57 heavy (non-hydrogen) atoms. The lowest BCUT2D eigenvalue weighted by molar-refractivity contribution is 0.952. The van der Waals surface area contributed by atoms with Gasteiger partial charge in [-0.05, 0) is 59.6 Å². The van der Waals surface area contributed by atoms with Crippen LogP contribution in [0, 0.1) is 0 Å². The van der Waals surface area contributed by atoms with Gasteiger partial charge in [-0.3, -0.25) is 4.57 Å². The standard InChI is InChI=1S/C51H31N5S/c1-7-25-42-35(17-1)36-18-2-8-26-43(36)55(42)46-29-11-5-22-41(46)50-52-49(53-51(54-50)56-44-27-9-3-19-37(44)38-20-4-10-28-45(38)56)33-16-13-15-32(31-33)34-23-14-24-40-39-21-6-12-30-47(39)57-48(34)40/h1-31H/i1D,2D,3D,4D,7D,9D,10D,17D,18D,19D,20D,25D,26D,27D,28D. The van der Waals surface area contributed by atoms with Gasteiger partial charge in [0.25, 0.3) is 0 Å². The van der Waals surface area contributed by atoms with Gasteiger partial charge in [-0.15, -0.1) is 11.3 Å². The van der Waals surface area contributed by atoms with Crippen molar-refractivity contribution in [2.75, 3.05) is 0 Å². The molecule has 0 aliphatic heterocycles. The van der Waals surface area contributed by atoms with Crippen molar-refractivity contribution in [2.24, 2.45) is 0 Å². The van der Waals surface area contributed by atoms with Crippen LogP contribution >= 0.6 is 11.3 Å². The van der Waals surface area contributed by atoms with Gasteiger partial charge in [0.05, 0.1) is 48.3 Å². The number of rotatable bonds is 5. The van der Waals surface area contributed by atoms with Gasteiger partial charge in [-0.2, -0.15) is 9.97 Å². The molecule has 0 saturated carbocycles. The summed E-state index contributed by atoms with van der Waals surface area (Å²) in [6.07, 6.45) is 0. The number of aromatic nitrogens is 5. The van der Waals surface area contributed by atoms with Crippen LogP contribution in [0.15, 0.2) is 188 Å². The second-order valence-corrected chi connectivity index (χ2v) is 14.3. The van der Waals surface area contributed by atoms with Gasteiger partial charge in [0, 0.05) is 52.8 Å². The third-order valence-corrected chi connectivity index (χ3v) is 11.4. The third-order valence-electron chi connectivity index (χ3n) is 10.2. The normalized spacial score (nSPS) is 15.5. The van der Waals surface area contributed by atoms with Gasteiger partial charge >= 0.3 is 0 Å². The van der Waals surface area contributed by atoms with Crippen molar-refractivity contribution < 1.29 is 20.6 Å². The Morgan fingerprint density at radius 3 is 1.79 bits per heavy atom. The molecule has 12 aromatic rings. The minimum Gasteiger partial charge on any atom is -0.309 e. The van der Waals surface area contributed by atoms with Gasteiger partial charge in [0.2, 0.25) is 5.95 Å². The molecule has 266 valence electrons. The lowest BCUT2D eigenvalue weighted by Crippen LogP contribution is -2.07. The maximum atomic E-state index is 9.26. The van der Waals surface area contributed by atoms with E-state index < -0.39 is 72.5 Å². The quantitative estimate of drug-likeness (QED) is 0.175. The summed E-state index contributed by atoms with van der Waals surface area (Å²) >= 11 is 1.65. The lowest BCUT2D eigenvalue weighted by atomic mass is 10.0. The second-order valence-electron chi connectivity index (χ2n) is 13.3. The number of para-hydroxylation sites is 5. The molecule has 0 fully saturated rings. The summed E-state index contributed by atoms with van der Waals surface area (Å²) in [5.41, 5.74) is 2.05. The van der Waals surface area contributed by atoms with Crippen LogP contribution in [0.5, 0.6) is 0 Å². The summed E-state index contributed by atoms with van der Waals surface area (Å²) in [7, 11) is 0. The fourth-order valence-corrected chi connectivity index (χ4v) is 8.94. The monoisotopic (exact) mass is 760 g/mol. The Morgan fingerprint density at radius 2 is 1.00 bits per heavy atom.